The molecule has 6 nitrogen and oxygen atoms in total. The first-order chi connectivity index (χ1) is 69.1. The first-order valence-corrected chi connectivity index (χ1v) is 57.6. The molecule has 3 aliphatic rings. The second-order valence-electron chi connectivity index (χ2n) is 38.4. The summed E-state index contributed by atoms with van der Waals surface area (Å²) in [5.74, 6) is 2.16. The van der Waals surface area contributed by atoms with E-state index in [2.05, 4.69) is 464 Å². The summed E-state index contributed by atoms with van der Waals surface area (Å²) in [7, 11) is -5.17. The van der Waals surface area contributed by atoms with Gasteiger partial charge in [0, 0.05) is 50.1 Å². The second-order valence-corrected chi connectivity index (χ2v) is 51.3. The Morgan fingerprint density at radius 1 is 0.121 bits per heavy atom. The minimum atomic E-state index is -1.84. The van der Waals surface area contributed by atoms with Gasteiger partial charge in [0.1, 0.15) is 24.2 Å². The van der Waals surface area contributed by atoms with E-state index in [0.717, 1.165) is 113 Å². The normalized spacial score (nSPS) is 12.8. The molecule has 0 amide bonds. The molecule has 0 spiro atoms. The molecular weight excluding hydrogens is 1750 g/mol. The van der Waals surface area contributed by atoms with Crippen molar-refractivity contribution in [3.63, 3.8) is 0 Å². The number of aromatic nitrogens is 6. The summed E-state index contributed by atoms with van der Waals surface area (Å²) in [5, 5.41) is 9.23. The Hall–Kier alpha value is -16.9. The number of fused-ring (bicyclic) bond motifs is 9. The first kappa shape index (κ1) is 88.1. The summed E-state index contributed by atoms with van der Waals surface area (Å²) in [5.41, 5.74) is 40.3. The van der Waals surface area contributed by atoms with Crippen LogP contribution in [0.2, 0.25) is 39.3 Å². The van der Waals surface area contributed by atoms with E-state index in [1.54, 1.807) is 10.4 Å². The Balaban J connectivity index is 0.000000118. The number of hydrogen-bond acceptors (Lipinski definition) is 6. The predicted molar refractivity (Wildman–Crippen MR) is 600 cm³/mol. The van der Waals surface area contributed by atoms with E-state index in [-0.39, 0.29) is 0 Å². The minimum absolute atomic E-state index is 0.716. The van der Waals surface area contributed by atoms with E-state index in [9.17, 15) is 0 Å². The third-order valence-electron chi connectivity index (χ3n) is 28.5. The minimum Gasteiger partial charge on any atom is -0.228 e. The highest BCUT2D eigenvalue weighted by Gasteiger charge is 2.41. The SMILES string of the molecule is C[Si]1(C)c2ccccc2-c2cc(-c3ccc(-c4ccccc4-c4nc(-c5ccccc5)cc(-c5ccccc5)n4)cc3)ccc21.C[Si]1(C)c2ccccc2-c2cc(-c3cccc(-c4cccc(-c5ccc(-c6nc(-c7ccccc7)cc(-c7ccccc7)n6)cc5)c4)c3)ccc21.C[Si]1(C)c2ccccc2-c2cccc(-c3cccc(-c4cccc(-c5cc(-c6ccccc6)nc(-c6ccccc6)n5)c4)c3)c21. The van der Waals surface area contributed by atoms with Crippen molar-refractivity contribution in [3.05, 3.63) is 497 Å². The number of hydrogen-bond donors (Lipinski definition) is 0. The van der Waals surface area contributed by atoms with E-state index >= 15 is 0 Å². The monoisotopic (exact) mass is 1850 g/mol. The van der Waals surface area contributed by atoms with Gasteiger partial charge in [0.15, 0.2) is 17.5 Å². The van der Waals surface area contributed by atoms with E-state index in [0.29, 0.717) is 5.82 Å². The molecule has 0 aliphatic carbocycles. The third-order valence-corrected chi connectivity index (χ3v) is 39.2. The van der Waals surface area contributed by atoms with Crippen LogP contribution in [0.4, 0.5) is 0 Å². The van der Waals surface area contributed by atoms with Gasteiger partial charge in [-0.1, -0.05) is 482 Å². The Morgan fingerprint density at radius 2 is 0.348 bits per heavy atom. The van der Waals surface area contributed by atoms with Crippen LogP contribution in [0.3, 0.4) is 0 Å². The van der Waals surface area contributed by atoms with Crippen LogP contribution >= 0.6 is 0 Å². The van der Waals surface area contributed by atoms with Crippen molar-refractivity contribution < 1.29 is 0 Å². The zero-order valence-electron chi connectivity index (χ0n) is 79.5. The molecule has 3 aromatic heterocycles. The maximum absolute atomic E-state index is 5.11. The molecule has 0 atom stereocenters. The summed E-state index contributed by atoms with van der Waals surface area (Å²) in [6, 6.07) is 178. The average Bonchev–Trinajstić information content (AvgIpc) is 1.59. The Labute approximate surface area is 828 Å². The van der Waals surface area contributed by atoms with E-state index < -0.39 is 24.2 Å². The summed E-state index contributed by atoms with van der Waals surface area (Å²) in [6.45, 7) is 14.8. The molecule has 670 valence electrons. The lowest BCUT2D eigenvalue weighted by atomic mass is 9.94. The number of nitrogens with zero attached hydrogens (tertiary/aromatic N) is 6. The summed E-state index contributed by atoms with van der Waals surface area (Å²) < 4.78 is 0. The second kappa shape index (κ2) is 37.5. The van der Waals surface area contributed by atoms with Gasteiger partial charge in [-0.2, -0.15) is 0 Å². The molecule has 0 fully saturated rings. The van der Waals surface area contributed by atoms with Crippen LogP contribution in [0.1, 0.15) is 0 Å². The fourth-order valence-electron chi connectivity index (χ4n) is 21.2. The molecule has 0 bridgehead atoms. The van der Waals surface area contributed by atoms with E-state index in [1.165, 1.54) is 115 Å². The standard InChI is InChI=1S/C48H36N2Si.2C42H32N2Si/c1-51(2)46-22-10-9-21-42(46)43-31-41(27-28-47(43)51)40-20-12-19-39(30-40)38-18-11-17-37(29-38)33-23-25-36(26-24-33)48-49-44(34-13-5-3-6-14-34)32-45(50-48)35-15-7-4-8-16-35;1-45(2)40-25-10-9-22-36(40)37-24-13-23-35(41(37)45)33-20-11-18-31(26-33)32-19-12-21-34(27-32)39-28-38(29-14-5-3-6-15-29)43-42(44-39)30-16-7-4-8-17-30;1-45(2)40-20-12-11-18-35(40)37-27-33(25-26-41(37)45)29-21-23-30(24-22-29)34-17-9-10-19-36(34)42-43-38(31-13-5-3-6-14-31)28-39(44-42)32-15-7-4-8-16-32/h3-32H,1-2H3;2*3-28H,1-2H3. The van der Waals surface area contributed by atoms with Crippen molar-refractivity contribution in [2.45, 2.75) is 39.3 Å². The molecule has 0 unspecified atom stereocenters. The number of benzene rings is 19. The van der Waals surface area contributed by atoms with Crippen LogP contribution in [-0.4, -0.2) is 54.1 Å². The van der Waals surface area contributed by atoms with E-state index in [1.807, 2.05) is 72.8 Å². The highest BCUT2D eigenvalue weighted by molar-refractivity contribution is 7.05. The van der Waals surface area contributed by atoms with Gasteiger partial charge in [-0.15, -0.1) is 0 Å². The zero-order valence-corrected chi connectivity index (χ0v) is 82.5. The maximum Gasteiger partial charge on any atom is 0.161 e. The zero-order chi connectivity index (χ0) is 95.1. The van der Waals surface area contributed by atoms with Gasteiger partial charge in [-0.25, -0.2) is 29.9 Å². The first-order valence-electron chi connectivity index (χ1n) is 48.6. The molecule has 0 saturated heterocycles. The van der Waals surface area contributed by atoms with Crippen LogP contribution in [-0.2, 0) is 0 Å². The molecule has 0 radical (unpaired) electrons. The molecule has 0 N–H and O–H groups in total. The van der Waals surface area contributed by atoms with Gasteiger partial charge in [-0.05, 0) is 197 Å². The van der Waals surface area contributed by atoms with Crippen LogP contribution in [0.25, 0.3) is 213 Å². The topological polar surface area (TPSA) is 77.3 Å². The van der Waals surface area contributed by atoms with Crippen molar-refractivity contribution in [1.82, 2.24) is 29.9 Å². The molecule has 6 heterocycles. The van der Waals surface area contributed by atoms with E-state index in [4.69, 9.17) is 29.9 Å². The van der Waals surface area contributed by atoms with Crippen LogP contribution in [0, 0.1) is 0 Å². The summed E-state index contributed by atoms with van der Waals surface area (Å²) in [4.78, 5) is 30.3. The number of rotatable bonds is 16. The smallest absolute Gasteiger partial charge is 0.161 e. The molecule has 141 heavy (non-hydrogen) atoms. The molecule has 19 aromatic carbocycles. The largest absolute Gasteiger partial charge is 0.228 e. The van der Waals surface area contributed by atoms with Crippen molar-refractivity contribution in [3.8, 4) is 213 Å². The van der Waals surface area contributed by atoms with Gasteiger partial charge >= 0.3 is 0 Å². The molecule has 9 heteroatoms. The van der Waals surface area contributed by atoms with Gasteiger partial charge < -0.3 is 0 Å². The lowest BCUT2D eigenvalue weighted by Crippen LogP contribution is -2.50. The molecule has 25 rings (SSSR count). The van der Waals surface area contributed by atoms with Crippen molar-refractivity contribution in [1.29, 1.82) is 0 Å². The van der Waals surface area contributed by atoms with Crippen molar-refractivity contribution in [2.75, 3.05) is 0 Å². The van der Waals surface area contributed by atoms with Crippen LogP contribution in [0.5, 0.6) is 0 Å². The summed E-state index contributed by atoms with van der Waals surface area (Å²) in [6.07, 6.45) is 0. The molecular formula is C132H100N6Si3. The van der Waals surface area contributed by atoms with Crippen LogP contribution in [0.15, 0.2) is 497 Å². The average molecular weight is 1850 g/mol. The quantitative estimate of drug-likeness (QED) is 0.0897. The van der Waals surface area contributed by atoms with Gasteiger partial charge in [-0.3, -0.25) is 0 Å². The van der Waals surface area contributed by atoms with Crippen molar-refractivity contribution in [2.24, 2.45) is 0 Å². The van der Waals surface area contributed by atoms with Crippen molar-refractivity contribution >= 4 is 55.3 Å². The lowest BCUT2D eigenvalue weighted by molar-refractivity contribution is 1.18. The Morgan fingerprint density at radius 3 is 0.752 bits per heavy atom. The van der Waals surface area contributed by atoms with Gasteiger partial charge in [0.2, 0.25) is 0 Å². The fraction of sp³-hybridized carbons (Fsp3) is 0.0455. The highest BCUT2D eigenvalue weighted by atomic mass is 28.3. The molecule has 3 aliphatic heterocycles. The third kappa shape index (κ3) is 17.3. The van der Waals surface area contributed by atoms with Gasteiger partial charge in [0.05, 0.1) is 34.2 Å². The Bertz CT molecular complexity index is 8290. The Kier molecular flexibility index (Phi) is 23.4. The summed E-state index contributed by atoms with van der Waals surface area (Å²) >= 11 is 0. The predicted octanol–water partition coefficient (Wildman–Crippen LogP) is 30.5. The maximum atomic E-state index is 5.11. The highest BCUT2D eigenvalue weighted by Crippen LogP contribution is 2.43. The fourth-order valence-corrected chi connectivity index (χ4v) is 30.8. The lowest BCUT2D eigenvalue weighted by Gasteiger charge is -2.22. The van der Waals surface area contributed by atoms with Crippen LogP contribution < -0.4 is 31.1 Å². The van der Waals surface area contributed by atoms with Gasteiger partial charge in [0.25, 0.3) is 0 Å². The molecule has 22 aromatic rings. The molecule has 0 saturated carbocycles.